The SMILES string of the molecule is CCN(CC)CCN(C(=O)c1cccc2ccccc12)c1nc2c(C)cccc2s1. The van der Waals surface area contributed by atoms with Crippen molar-refractivity contribution in [3.05, 3.63) is 71.8 Å². The summed E-state index contributed by atoms with van der Waals surface area (Å²) in [7, 11) is 0. The second-order valence-corrected chi connectivity index (χ2v) is 8.44. The third-order valence-corrected chi connectivity index (χ3v) is 6.68. The number of hydrogen-bond donors (Lipinski definition) is 0. The number of carbonyl (C=O) groups excluding carboxylic acids is 1. The van der Waals surface area contributed by atoms with Gasteiger partial charge in [0.2, 0.25) is 0 Å². The van der Waals surface area contributed by atoms with Crippen LogP contribution in [0.5, 0.6) is 0 Å². The number of carbonyl (C=O) groups is 1. The monoisotopic (exact) mass is 417 g/mol. The van der Waals surface area contributed by atoms with Crippen LogP contribution in [0.3, 0.4) is 0 Å². The molecule has 154 valence electrons. The van der Waals surface area contributed by atoms with Gasteiger partial charge < -0.3 is 4.90 Å². The lowest BCUT2D eigenvalue weighted by molar-refractivity contribution is 0.0985. The van der Waals surface area contributed by atoms with Gasteiger partial charge in [0.05, 0.1) is 10.2 Å². The molecule has 0 N–H and O–H groups in total. The number of benzene rings is 3. The minimum atomic E-state index is 0.00988. The first-order chi connectivity index (χ1) is 14.6. The molecule has 4 nitrogen and oxygen atoms in total. The van der Waals surface area contributed by atoms with Crippen LogP contribution < -0.4 is 4.90 Å². The molecule has 0 saturated heterocycles. The Balaban J connectivity index is 1.77. The molecule has 0 unspecified atom stereocenters. The van der Waals surface area contributed by atoms with Crippen molar-refractivity contribution in [1.82, 2.24) is 9.88 Å². The van der Waals surface area contributed by atoms with Crippen molar-refractivity contribution >= 4 is 43.4 Å². The van der Waals surface area contributed by atoms with Gasteiger partial charge in [0.25, 0.3) is 5.91 Å². The summed E-state index contributed by atoms with van der Waals surface area (Å²) in [5, 5.41) is 2.83. The van der Waals surface area contributed by atoms with Crippen molar-refractivity contribution in [2.75, 3.05) is 31.1 Å². The van der Waals surface area contributed by atoms with Gasteiger partial charge in [-0.05, 0) is 48.5 Å². The van der Waals surface area contributed by atoms with Crippen LogP contribution in [-0.2, 0) is 0 Å². The third-order valence-electron chi connectivity index (χ3n) is 5.64. The fourth-order valence-corrected chi connectivity index (χ4v) is 4.88. The Morgan fingerprint density at radius 1 is 0.933 bits per heavy atom. The second kappa shape index (κ2) is 8.94. The van der Waals surface area contributed by atoms with Gasteiger partial charge in [-0.15, -0.1) is 0 Å². The Morgan fingerprint density at radius 2 is 1.67 bits per heavy atom. The van der Waals surface area contributed by atoms with Crippen LogP contribution in [0.25, 0.3) is 21.0 Å². The summed E-state index contributed by atoms with van der Waals surface area (Å²) in [6, 6.07) is 20.2. The number of rotatable bonds is 7. The molecule has 4 rings (SSSR count). The molecule has 0 aliphatic carbocycles. The van der Waals surface area contributed by atoms with Gasteiger partial charge in [-0.1, -0.05) is 73.7 Å². The zero-order valence-corrected chi connectivity index (χ0v) is 18.6. The van der Waals surface area contributed by atoms with Gasteiger partial charge in [0.1, 0.15) is 0 Å². The quantitative estimate of drug-likeness (QED) is 0.384. The zero-order chi connectivity index (χ0) is 21.1. The summed E-state index contributed by atoms with van der Waals surface area (Å²) in [5.41, 5.74) is 2.84. The fourth-order valence-electron chi connectivity index (χ4n) is 3.81. The van der Waals surface area contributed by atoms with E-state index in [0.717, 1.165) is 56.9 Å². The van der Waals surface area contributed by atoms with E-state index in [9.17, 15) is 4.79 Å². The van der Waals surface area contributed by atoms with Crippen molar-refractivity contribution in [1.29, 1.82) is 0 Å². The summed E-state index contributed by atoms with van der Waals surface area (Å²) >= 11 is 1.59. The van der Waals surface area contributed by atoms with Crippen molar-refractivity contribution in [3.8, 4) is 0 Å². The third kappa shape index (κ3) is 3.95. The molecule has 1 amide bonds. The smallest absolute Gasteiger partial charge is 0.260 e. The molecule has 5 heteroatoms. The van der Waals surface area contributed by atoms with Crippen molar-refractivity contribution in [2.45, 2.75) is 20.8 Å². The van der Waals surface area contributed by atoms with Gasteiger partial charge >= 0.3 is 0 Å². The lowest BCUT2D eigenvalue weighted by atomic mass is 10.0. The normalized spacial score (nSPS) is 11.5. The van der Waals surface area contributed by atoms with E-state index in [1.165, 1.54) is 0 Å². The van der Waals surface area contributed by atoms with Crippen molar-refractivity contribution in [3.63, 3.8) is 0 Å². The van der Waals surface area contributed by atoms with Gasteiger partial charge in [0.15, 0.2) is 5.13 Å². The molecule has 0 saturated carbocycles. The zero-order valence-electron chi connectivity index (χ0n) is 17.8. The number of thiazole rings is 1. The molecule has 1 heterocycles. The van der Waals surface area contributed by atoms with E-state index in [0.29, 0.717) is 6.54 Å². The summed E-state index contributed by atoms with van der Waals surface area (Å²) < 4.78 is 1.11. The number of likely N-dealkylation sites (N-methyl/N-ethyl adjacent to an activating group) is 1. The summed E-state index contributed by atoms with van der Waals surface area (Å²) in [4.78, 5) is 22.9. The number of anilines is 1. The first kappa shape index (κ1) is 20.5. The highest BCUT2D eigenvalue weighted by Gasteiger charge is 2.23. The van der Waals surface area contributed by atoms with Crippen molar-refractivity contribution in [2.24, 2.45) is 0 Å². The first-order valence-corrected chi connectivity index (χ1v) is 11.3. The van der Waals surface area contributed by atoms with Crippen molar-refractivity contribution < 1.29 is 4.79 Å². The lowest BCUT2D eigenvalue weighted by Crippen LogP contribution is -2.39. The van der Waals surface area contributed by atoms with E-state index >= 15 is 0 Å². The number of hydrogen-bond acceptors (Lipinski definition) is 4. The van der Waals surface area contributed by atoms with E-state index in [4.69, 9.17) is 4.98 Å². The highest BCUT2D eigenvalue weighted by molar-refractivity contribution is 7.22. The van der Waals surface area contributed by atoms with E-state index in [1.807, 2.05) is 53.4 Å². The topological polar surface area (TPSA) is 36.4 Å². The highest BCUT2D eigenvalue weighted by atomic mass is 32.1. The maximum absolute atomic E-state index is 13.8. The standard InChI is InChI=1S/C25H27N3OS/c1-4-27(5-2)16-17-28(25-26-23-18(3)10-8-15-22(23)30-25)24(29)21-14-9-12-19-11-6-7-13-20(19)21/h6-15H,4-5,16-17H2,1-3H3. The number of nitrogens with zero attached hydrogens (tertiary/aromatic N) is 3. The van der Waals surface area contributed by atoms with Crippen LogP contribution in [0.2, 0.25) is 0 Å². The molecular weight excluding hydrogens is 390 g/mol. The van der Waals surface area contributed by atoms with Crippen LogP contribution in [0.4, 0.5) is 5.13 Å². The predicted octanol–water partition coefficient (Wildman–Crippen LogP) is 5.75. The molecule has 0 bridgehead atoms. The predicted molar refractivity (Wildman–Crippen MR) is 128 cm³/mol. The van der Waals surface area contributed by atoms with Crippen LogP contribution >= 0.6 is 11.3 Å². The summed E-state index contributed by atoms with van der Waals surface area (Å²) in [5.74, 6) is 0.00988. The first-order valence-electron chi connectivity index (χ1n) is 10.5. The van der Waals surface area contributed by atoms with Crippen LogP contribution in [0.1, 0.15) is 29.8 Å². The van der Waals surface area contributed by atoms with Gasteiger partial charge in [-0.3, -0.25) is 9.69 Å². The average Bonchev–Trinajstić information content (AvgIpc) is 3.21. The van der Waals surface area contributed by atoms with E-state index in [-0.39, 0.29) is 5.91 Å². The highest BCUT2D eigenvalue weighted by Crippen LogP contribution is 2.32. The Morgan fingerprint density at radius 3 is 2.43 bits per heavy atom. The molecule has 0 aliphatic rings. The maximum atomic E-state index is 13.8. The Labute approximate surface area is 181 Å². The number of aromatic nitrogens is 1. The number of para-hydroxylation sites is 1. The molecule has 0 aliphatic heterocycles. The average molecular weight is 418 g/mol. The summed E-state index contributed by atoms with van der Waals surface area (Å²) in [6.45, 7) is 9.74. The molecular formula is C25H27N3OS. The van der Waals surface area contributed by atoms with Crippen LogP contribution in [0.15, 0.2) is 60.7 Å². The molecule has 0 spiro atoms. The summed E-state index contributed by atoms with van der Waals surface area (Å²) in [6.07, 6.45) is 0. The largest absolute Gasteiger partial charge is 0.302 e. The van der Waals surface area contributed by atoms with Crippen LogP contribution in [-0.4, -0.2) is 42.0 Å². The van der Waals surface area contributed by atoms with Gasteiger partial charge in [-0.25, -0.2) is 4.98 Å². The van der Waals surface area contributed by atoms with Gasteiger partial charge in [-0.2, -0.15) is 0 Å². The van der Waals surface area contributed by atoms with Gasteiger partial charge in [0, 0.05) is 18.7 Å². The van der Waals surface area contributed by atoms with Crippen LogP contribution in [0, 0.1) is 6.92 Å². The molecule has 0 fully saturated rings. The minimum absolute atomic E-state index is 0.00988. The Hall–Kier alpha value is -2.76. The molecule has 0 radical (unpaired) electrons. The number of aryl methyl sites for hydroxylation is 1. The molecule has 3 aromatic carbocycles. The molecule has 30 heavy (non-hydrogen) atoms. The minimum Gasteiger partial charge on any atom is -0.302 e. The molecule has 0 atom stereocenters. The number of amides is 1. The van der Waals surface area contributed by atoms with E-state index < -0.39 is 0 Å². The number of fused-ring (bicyclic) bond motifs is 2. The molecule has 4 aromatic rings. The second-order valence-electron chi connectivity index (χ2n) is 7.43. The Kier molecular flexibility index (Phi) is 6.11. The van der Waals surface area contributed by atoms with E-state index in [2.05, 4.69) is 37.8 Å². The molecule has 1 aromatic heterocycles. The fraction of sp³-hybridized carbons (Fsp3) is 0.280. The lowest BCUT2D eigenvalue weighted by Gasteiger charge is -2.25. The Bertz CT molecular complexity index is 1170. The van der Waals surface area contributed by atoms with E-state index in [1.54, 1.807) is 11.3 Å². The maximum Gasteiger partial charge on any atom is 0.260 e.